The fraction of sp³-hybridized carbons (Fsp3) is 0.538. The van der Waals surface area contributed by atoms with E-state index in [0.717, 1.165) is 18.2 Å². The third-order valence-electron chi connectivity index (χ3n) is 3.36. The summed E-state index contributed by atoms with van der Waals surface area (Å²) < 4.78 is 76.9. The number of sulfone groups is 1. The molecule has 1 aliphatic heterocycles. The lowest BCUT2D eigenvalue weighted by atomic mass is 10.1. The Morgan fingerprint density at radius 3 is 2.64 bits per heavy atom. The smallest absolute Gasteiger partial charge is 0.405 e. The zero-order valence-corrected chi connectivity index (χ0v) is 12.3. The van der Waals surface area contributed by atoms with Gasteiger partial charge in [0, 0.05) is 12.1 Å². The summed E-state index contributed by atoms with van der Waals surface area (Å²) in [6, 6.07) is 3.21. The molecule has 22 heavy (non-hydrogen) atoms. The predicted octanol–water partition coefficient (Wildman–Crippen LogP) is 2.25. The zero-order chi connectivity index (χ0) is 16.4. The van der Waals surface area contributed by atoms with Crippen LogP contribution < -0.4 is 10.1 Å². The van der Waals surface area contributed by atoms with E-state index < -0.39 is 27.8 Å². The van der Waals surface area contributed by atoms with Gasteiger partial charge in [0.25, 0.3) is 0 Å². The van der Waals surface area contributed by atoms with E-state index in [2.05, 4.69) is 10.1 Å². The molecule has 0 aromatic heterocycles. The highest BCUT2D eigenvalue weighted by Gasteiger charge is 2.32. The number of nitrogens with one attached hydrogen (secondary N) is 1. The van der Waals surface area contributed by atoms with Gasteiger partial charge in [-0.25, -0.2) is 12.8 Å². The Balaban J connectivity index is 1.97. The SMILES string of the molecule is O=S1(=O)CCC(CNCc2c(F)cccc2OC(F)(F)F)C1. The maximum atomic E-state index is 13.7. The first-order chi connectivity index (χ1) is 10.2. The normalized spacial score (nSPS) is 21.0. The first kappa shape index (κ1) is 17.0. The van der Waals surface area contributed by atoms with E-state index in [1.807, 2.05) is 0 Å². The van der Waals surface area contributed by atoms with Gasteiger partial charge in [-0.05, 0) is 31.0 Å². The molecule has 1 aliphatic rings. The van der Waals surface area contributed by atoms with Gasteiger partial charge in [0.15, 0.2) is 9.84 Å². The van der Waals surface area contributed by atoms with Crippen molar-refractivity contribution in [2.45, 2.75) is 19.3 Å². The van der Waals surface area contributed by atoms with Gasteiger partial charge in [0.1, 0.15) is 11.6 Å². The highest BCUT2D eigenvalue weighted by molar-refractivity contribution is 7.91. The molecular formula is C13H15F4NO3S. The lowest BCUT2D eigenvalue weighted by Crippen LogP contribution is -2.25. The second-order valence-corrected chi connectivity index (χ2v) is 7.39. The zero-order valence-electron chi connectivity index (χ0n) is 11.5. The minimum atomic E-state index is -4.90. The molecule has 1 fully saturated rings. The van der Waals surface area contributed by atoms with E-state index in [0.29, 0.717) is 13.0 Å². The Labute approximate surface area is 125 Å². The highest BCUT2D eigenvalue weighted by atomic mass is 32.2. The van der Waals surface area contributed by atoms with Crippen molar-refractivity contribution in [3.63, 3.8) is 0 Å². The van der Waals surface area contributed by atoms with E-state index in [1.165, 1.54) is 0 Å². The molecule has 124 valence electrons. The largest absolute Gasteiger partial charge is 0.573 e. The van der Waals surface area contributed by atoms with Crippen molar-refractivity contribution in [1.82, 2.24) is 5.32 Å². The summed E-state index contributed by atoms with van der Waals surface area (Å²) in [6.07, 6.45) is -4.40. The summed E-state index contributed by atoms with van der Waals surface area (Å²) in [4.78, 5) is 0. The molecule has 2 rings (SSSR count). The third kappa shape index (κ3) is 4.84. The second kappa shape index (κ2) is 6.41. The topological polar surface area (TPSA) is 55.4 Å². The van der Waals surface area contributed by atoms with Gasteiger partial charge in [-0.15, -0.1) is 13.2 Å². The molecule has 1 heterocycles. The van der Waals surface area contributed by atoms with E-state index in [9.17, 15) is 26.0 Å². The molecule has 1 saturated heterocycles. The van der Waals surface area contributed by atoms with E-state index in [4.69, 9.17) is 0 Å². The Morgan fingerprint density at radius 1 is 1.32 bits per heavy atom. The number of rotatable bonds is 5. The molecule has 1 aromatic carbocycles. The molecule has 0 amide bonds. The van der Waals surface area contributed by atoms with Gasteiger partial charge >= 0.3 is 6.36 Å². The van der Waals surface area contributed by atoms with Crippen LogP contribution in [0, 0.1) is 11.7 Å². The molecule has 1 aromatic rings. The van der Waals surface area contributed by atoms with Crippen LogP contribution in [0.4, 0.5) is 17.6 Å². The molecule has 0 saturated carbocycles. The number of alkyl halides is 3. The number of hydrogen-bond donors (Lipinski definition) is 1. The van der Waals surface area contributed by atoms with Gasteiger partial charge in [-0.3, -0.25) is 0 Å². The first-order valence-corrected chi connectivity index (χ1v) is 8.43. The standard InChI is InChI=1S/C13H15F4NO3S/c14-11-2-1-3-12(21-13(15,16)17)10(11)7-18-6-9-4-5-22(19,20)8-9/h1-3,9,18H,4-8H2. The van der Waals surface area contributed by atoms with Crippen molar-refractivity contribution in [2.24, 2.45) is 5.92 Å². The average Bonchev–Trinajstić information content (AvgIpc) is 2.70. The molecule has 0 aliphatic carbocycles. The van der Waals surface area contributed by atoms with Crippen LogP contribution in [0.5, 0.6) is 5.75 Å². The lowest BCUT2D eigenvalue weighted by Gasteiger charge is -2.15. The Bertz CT molecular complexity index is 631. The molecule has 0 bridgehead atoms. The average molecular weight is 341 g/mol. The Kier molecular flexibility index (Phi) is 4.96. The fourth-order valence-electron chi connectivity index (χ4n) is 2.37. The molecule has 1 N–H and O–H groups in total. The van der Waals surface area contributed by atoms with Crippen LogP contribution in [0.3, 0.4) is 0 Å². The van der Waals surface area contributed by atoms with Crippen molar-refractivity contribution in [1.29, 1.82) is 0 Å². The summed E-state index contributed by atoms with van der Waals surface area (Å²) in [5.74, 6) is -1.36. The van der Waals surface area contributed by atoms with E-state index in [-0.39, 0.29) is 29.5 Å². The molecule has 1 atom stereocenters. The van der Waals surface area contributed by atoms with Gasteiger partial charge in [0.2, 0.25) is 0 Å². The van der Waals surface area contributed by atoms with Crippen LogP contribution in [-0.2, 0) is 16.4 Å². The quantitative estimate of drug-likeness (QED) is 0.835. The molecule has 4 nitrogen and oxygen atoms in total. The van der Waals surface area contributed by atoms with Crippen LogP contribution in [0.25, 0.3) is 0 Å². The molecule has 0 spiro atoms. The fourth-order valence-corrected chi connectivity index (χ4v) is 4.23. The number of benzene rings is 1. The van der Waals surface area contributed by atoms with Crippen molar-refractivity contribution in [3.8, 4) is 5.75 Å². The molecular weight excluding hydrogens is 326 g/mol. The van der Waals surface area contributed by atoms with Crippen molar-refractivity contribution >= 4 is 9.84 Å². The summed E-state index contributed by atoms with van der Waals surface area (Å²) >= 11 is 0. The Morgan fingerprint density at radius 2 is 2.05 bits per heavy atom. The summed E-state index contributed by atoms with van der Waals surface area (Å²) in [7, 11) is -3.02. The van der Waals surface area contributed by atoms with Crippen molar-refractivity contribution in [3.05, 3.63) is 29.6 Å². The monoisotopic (exact) mass is 341 g/mol. The predicted molar refractivity (Wildman–Crippen MR) is 71.6 cm³/mol. The maximum Gasteiger partial charge on any atom is 0.573 e. The summed E-state index contributed by atoms with van der Waals surface area (Å²) in [5.41, 5.74) is -0.235. The molecule has 0 radical (unpaired) electrons. The lowest BCUT2D eigenvalue weighted by molar-refractivity contribution is -0.275. The number of ether oxygens (including phenoxy) is 1. The summed E-state index contributed by atoms with van der Waals surface area (Å²) in [6.45, 7) is 0.119. The van der Waals surface area contributed by atoms with E-state index in [1.54, 1.807) is 0 Å². The number of hydrogen-bond acceptors (Lipinski definition) is 4. The maximum absolute atomic E-state index is 13.7. The Hall–Kier alpha value is -1.35. The minimum Gasteiger partial charge on any atom is -0.405 e. The van der Waals surface area contributed by atoms with Crippen LogP contribution in [-0.4, -0.2) is 32.8 Å². The van der Waals surface area contributed by atoms with Crippen LogP contribution in [0.1, 0.15) is 12.0 Å². The van der Waals surface area contributed by atoms with Crippen molar-refractivity contribution < 1.29 is 30.7 Å². The van der Waals surface area contributed by atoms with Crippen LogP contribution >= 0.6 is 0 Å². The van der Waals surface area contributed by atoms with Gasteiger partial charge in [-0.2, -0.15) is 0 Å². The molecule has 9 heteroatoms. The highest BCUT2D eigenvalue weighted by Crippen LogP contribution is 2.28. The van der Waals surface area contributed by atoms with Gasteiger partial charge in [-0.1, -0.05) is 6.07 Å². The van der Waals surface area contributed by atoms with Gasteiger partial charge in [0.05, 0.1) is 11.5 Å². The van der Waals surface area contributed by atoms with Crippen molar-refractivity contribution in [2.75, 3.05) is 18.1 Å². The van der Waals surface area contributed by atoms with Crippen LogP contribution in [0.2, 0.25) is 0 Å². The van der Waals surface area contributed by atoms with E-state index >= 15 is 0 Å². The van der Waals surface area contributed by atoms with Gasteiger partial charge < -0.3 is 10.1 Å². The number of halogens is 4. The summed E-state index contributed by atoms with van der Waals surface area (Å²) in [5, 5.41) is 2.80. The second-order valence-electron chi connectivity index (χ2n) is 5.16. The van der Waals surface area contributed by atoms with Crippen LogP contribution in [0.15, 0.2) is 18.2 Å². The first-order valence-electron chi connectivity index (χ1n) is 6.60. The minimum absolute atomic E-state index is 0.0448. The molecule has 1 unspecified atom stereocenters. The third-order valence-corrected chi connectivity index (χ3v) is 5.20.